The number of amides is 2. The molecular formula is C28H28N2O5. The lowest BCUT2D eigenvalue weighted by Crippen LogP contribution is -2.78. The Labute approximate surface area is 203 Å². The van der Waals surface area contributed by atoms with E-state index < -0.39 is 23.2 Å². The molecule has 2 saturated carbocycles. The second kappa shape index (κ2) is 6.45. The molecule has 3 fully saturated rings. The number of ether oxygens (including phenoxy) is 1. The van der Waals surface area contributed by atoms with Crippen LogP contribution < -0.4 is 4.74 Å². The third kappa shape index (κ3) is 2.30. The molecule has 3 aliphatic heterocycles. The summed E-state index contributed by atoms with van der Waals surface area (Å²) in [5.74, 6) is 0.632. The fourth-order valence-corrected chi connectivity index (χ4v) is 8.23. The van der Waals surface area contributed by atoms with Crippen LogP contribution >= 0.6 is 0 Å². The van der Waals surface area contributed by atoms with Gasteiger partial charge in [0.15, 0.2) is 11.5 Å². The lowest BCUT2D eigenvalue weighted by molar-refractivity contribution is -0.196. The van der Waals surface area contributed by atoms with E-state index in [2.05, 4.69) is 4.90 Å². The van der Waals surface area contributed by atoms with Crippen LogP contribution in [0.1, 0.15) is 63.9 Å². The Balaban J connectivity index is 1.28. The van der Waals surface area contributed by atoms with E-state index in [1.54, 1.807) is 30.3 Å². The van der Waals surface area contributed by atoms with Gasteiger partial charge in [-0.1, -0.05) is 18.2 Å². The highest BCUT2D eigenvalue weighted by molar-refractivity contribution is 6.21. The molecule has 0 aromatic heterocycles. The quantitative estimate of drug-likeness (QED) is 0.668. The first-order valence-electron chi connectivity index (χ1n) is 12.9. The van der Waals surface area contributed by atoms with Gasteiger partial charge in [-0.3, -0.25) is 19.4 Å². The summed E-state index contributed by atoms with van der Waals surface area (Å²) in [7, 11) is 0. The van der Waals surface area contributed by atoms with Crippen LogP contribution in [0.25, 0.3) is 0 Å². The number of piperidine rings is 1. The monoisotopic (exact) mass is 472 g/mol. The predicted molar refractivity (Wildman–Crippen MR) is 126 cm³/mol. The van der Waals surface area contributed by atoms with E-state index in [-0.39, 0.29) is 23.6 Å². The number of phenolic OH excluding ortho intramolecular Hbond substituents is 1. The number of nitrogens with zero attached hydrogens (tertiary/aromatic N) is 2. The van der Waals surface area contributed by atoms with Gasteiger partial charge in [0.2, 0.25) is 0 Å². The van der Waals surface area contributed by atoms with Gasteiger partial charge in [-0.2, -0.15) is 0 Å². The second-order valence-corrected chi connectivity index (χ2v) is 11.4. The van der Waals surface area contributed by atoms with Crippen LogP contribution in [0.4, 0.5) is 0 Å². The van der Waals surface area contributed by atoms with Crippen molar-refractivity contribution in [1.29, 1.82) is 0 Å². The fourth-order valence-electron chi connectivity index (χ4n) is 8.23. The van der Waals surface area contributed by atoms with E-state index in [9.17, 15) is 19.8 Å². The van der Waals surface area contributed by atoms with Crippen molar-refractivity contribution >= 4 is 11.8 Å². The minimum Gasteiger partial charge on any atom is -0.504 e. The molecule has 8 rings (SSSR count). The number of imide groups is 1. The summed E-state index contributed by atoms with van der Waals surface area (Å²) in [5, 5.41) is 23.4. The number of likely N-dealkylation sites (tertiary alicyclic amines) is 1. The largest absolute Gasteiger partial charge is 0.504 e. The van der Waals surface area contributed by atoms with Crippen LogP contribution in [-0.4, -0.2) is 68.7 Å². The van der Waals surface area contributed by atoms with Crippen molar-refractivity contribution in [1.82, 2.24) is 9.80 Å². The van der Waals surface area contributed by atoms with Gasteiger partial charge < -0.3 is 14.9 Å². The second-order valence-electron chi connectivity index (χ2n) is 11.4. The topological polar surface area (TPSA) is 90.3 Å². The zero-order chi connectivity index (χ0) is 23.7. The third-order valence-corrected chi connectivity index (χ3v) is 9.89. The lowest BCUT2D eigenvalue weighted by atomic mass is 9.48. The van der Waals surface area contributed by atoms with E-state index in [1.165, 1.54) is 17.7 Å². The zero-order valence-electron chi connectivity index (χ0n) is 19.4. The molecule has 2 bridgehead atoms. The van der Waals surface area contributed by atoms with Crippen molar-refractivity contribution in [3.63, 3.8) is 0 Å². The van der Waals surface area contributed by atoms with Crippen LogP contribution in [0.3, 0.4) is 0 Å². The van der Waals surface area contributed by atoms with Gasteiger partial charge in [-0.25, -0.2) is 0 Å². The van der Waals surface area contributed by atoms with Crippen molar-refractivity contribution < 1.29 is 24.5 Å². The number of fused-ring (bicyclic) bond motifs is 1. The third-order valence-electron chi connectivity index (χ3n) is 9.89. The number of carbonyl (C=O) groups excluding carboxylic acids is 2. The van der Waals surface area contributed by atoms with Crippen molar-refractivity contribution in [3.8, 4) is 11.5 Å². The summed E-state index contributed by atoms with van der Waals surface area (Å²) in [5.41, 5.74) is 1.09. The fraction of sp³-hybridized carbons (Fsp3) is 0.500. The minimum atomic E-state index is -1.04. The minimum absolute atomic E-state index is 0.0333. The van der Waals surface area contributed by atoms with Crippen molar-refractivity contribution in [3.05, 3.63) is 58.7 Å². The molecular weight excluding hydrogens is 444 g/mol. The predicted octanol–water partition coefficient (Wildman–Crippen LogP) is 2.62. The Morgan fingerprint density at radius 2 is 1.74 bits per heavy atom. The van der Waals surface area contributed by atoms with Gasteiger partial charge in [0.1, 0.15) is 6.10 Å². The molecule has 2 aromatic carbocycles. The summed E-state index contributed by atoms with van der Waals surface area (Å²) >= 11 is 0. The van der Waals surface area contributed by atoms with Gasteiger partial charge in [0.05, 0.1) is 28.2 Å². The number of rotatable bonds is 3. The highest BCUT2D eigenvalue weighted by atomic mass is 16.5. The molecule has 3 heterocycles. The summed E-state index contributed by atoms with van der Waals surface area (Å²) < 4.78 is 6.55. The molecule has 180 valence electrons. The summed E-state index contributed by atoms with van der Waals surface area (Å²) in [6.07, 6.45) is 4.31. The summed E-state index contributed by atoms with van der Waals surface area (Å²) in [4.78, 5) is 30.8. The SMILES string of the molecule is O=C1c2ccccc2C(=O)N1[C@H]1CCC2(O)[C@H]3Cc4ccc(O)c5c4[C@@]2(CCN3CC2CC2)[C@H]1O5. The Hall–Kier alpha value is -2.90. The maximum atomic E-state index is 13.5. The smallest absolute Gasteiger partial charge is 0.261 e. The Morgan fingerprint density at radius 3 is 2.46 bits per heavy atom. The molecule has 1 unspecified atom stereocenters. The van der Waals surface area contributed by atoms with E-state index in [0.717, 1.165) is 36.6 Å². The van der Waals surface area contributed by atoms with Crippen molar-refractivity contribution in [2.24, 2.45) is 5.92 Å². The van der Waals surface area contributed by atoms with Gasteiger partial charge >= 0.3 is 0 Å². The molecule has 7 heteroatoms. The van der Waals surface area contributed by atoms with E-state index in [1.807, 2.05) is 6.07 Å². The molecule has 1 spiro atoms. The number of benzene rings is 2. The maximum Gasteiger partial charge on any atom is 0.261 e. The van der Waals surface area contributed by atoms with Crippen LogP contribution in [-0.2, 0) is 11.8 Å². The Morgan fingerprint density at radius 1 is 1.00 bits per heavy atom. The van der Waals surface area contributed by atoms with E-state index >= 15 is 0 Å². The van der Waals surface area contributed by atoms with Crippen LogP contribution in [0.5, 0.6) is 11.5 Å². The highest BCUT2D eigenvalue weighted by Crippen LogP contribution is 2.66. The Bertz CT molecular complexity index is 1290. The first kappa shape index (κ1) is 20.3. The number of phenols is 1. The number of hydrogen-bond donors (Lipinski definition) is 2. The number of aromatic hydroxyl groups is 1. The molecule has 5 atom stereocenters. The number of aliphatic hydroxyl groups is 1. The van der Waals surface area contributed by atoms with Gasteiger partial charge in [0, 0.05) is 18.2 Å². The van der Waals surface area contributed by atoms with E-state index in [4.69, 9.17) is 4.74 Å². The lowest BCUT2D eigenvalue weighted by Gasteiger charge is -2.64. The first-order valence-corrected chi connectivity index (χ1v) is 12.9. The molecule has 35 heavy (non-hydrogen) atoms. The van der Waals surface area contributed by atoms with E-state index in [0.29, 0.717) is 36.1 Å². The van der Waals surface area contributed by atoms with Crippen molar-refractivity contribution in [2.75, 3.05) is 13.1 Å². The average Bonchev–Trinajstić information content (AvgIpc) is 3.54. The first-order chi connectivity index (χ1) is 16.9. The molecule has 6 aliphatic rings. The van der Waals surface area contributed by atoms with Crippen molar-refractivity contribution in [2.45, 2.75) is 67.7 Å². The summed E-state index contributed by atoms with van der Waals surface area (Å²) in [6.45, 7) is 1.85. The maximum absolute atomic E-state index is 13.5. The molecule has 2 amide bonds. The molecule has 7 nitrogen and oxygen atoms in total. The molecule has 3 aliphatic carbocycles. The van der Waals surface area contributed by atoms with Crippen LogP contribution in [0.2, 0.25) is 0 Å². The number of carbonyl (C=O) groups is 2. The zero-order valence-corrected chi connectivity index (χ0v) is 19.4. The van der Waals surface area contributed by atoms with Crippen LogP contribution in [0, 0.1) is 5.92 Å². The molecule has 2 aromatic rings. The average molecular weight is 473 g/mol. The Kier molecular flexibility index (Phi) is 3.74. The van der Waals surface area contributed by atoms with Crippen LogP contribution in [0.15, 0.2) is 36.4 Å². The standard InChI is InChI=1S/C28H28N2O5/c31-20-8-7-16-13-21-28(34)10-9-19(30-25(32)17-3-1-2-4-18(17)26(30)33)24-27(28,22(16)23(20)35-24)11-12-29(21)14-15-5-6-15/h1-4,7-8,15,19,21,24,31,34H,5-6,9-14H2/t19-,21+,24-,27-,28?/m0/s1. The van der Waals surface area contributed by atoms with Gasteiger partial charge in [-0.05, 0) is 74.8 Å². The molecule has 1 saturated heterocycles. The molecule has 0 radical (unpaired) electrons. The summed E-state index contributed by atoms with van der Waals surface area (Å²) in [6, 6.07) is 10.1. The molecule has 2 N–H and O–H groups in total. The van der Waals surface area contributed by atoms with Gasteiger partial charge in [-0.15, -0.1) is 0 Å². The normalized spacial score (nSPS) is 36.7. The highest BCUT2D eigenvalue weighted by Gasteiger charge is 2.74. The number of hydrogen-bond acceptors (Lipinski definition) is 6. The van der Waals surface area contributed by atoms with Gasteiger partial charge in [0.25, 0.3) is 11.8 Å².